The van der Waals surface area contributed by atoms with Crippen LogP contribution in [0.3, 0.4) is 0 Å². The van der Waals surface area contributed by atoms with Crippen molar-refractivity contribution in [3.05, 3.63) is 0 Å². The predicted octanol–water partition coefficient (Wildman–Crippen LogP) is 1.24. The molecule has 0 aromatic carbocycles. The molecule has 0 bridgehead atoms. The summed E-state index contributed by atoms with van der Waals surface area (Å²) in [4.78, 5) is 4.31. The highest BCUT2D eigenvalue weighted by molar-refractivity contribution is 5.80. The van der Waals surface area contributed by atoms with Gasteiger partial charge in [-0.15, -0.1) is 0 Å². The van der Waals surface area contributed by atoms with Crippen LogP contribution in [0, 0.1) is 11.8 Å². The van der Waals surface area contributed by atoms with E-state index in [1.807, 2.05) is 0 Å². The van der Waals surface area contributed by atoms with Crippen LogP contribution < -0.4 is 11.1 Å². The normalized spacial score (nSPS) is 42.3. The summed E-state index contributed by atoms with van der Waals surface area (Å²) < 4.78 is 0. The molecule has 3 N–H and O–H groups in total. The molecule has 2 aliphatic carbocycles. The molecule has 14 heavy (non-hydrogen) atoms. The molecule has 1 aliphatic heterocycles. The summed E-state index contributed by atoms with van der Waals surface area (Å²) in [7, 11) is 0. The fourth-order valence-electron chi connectivity index (χ4n) is 3.22. The Balaban J connectivity index is 1.69. The Morgan fingerprint density at radius 2 is 2.14 bits per heavy atom. The van der Waals surface area contributed by atoms with E-state index in [2.05, 4.69) is 10.3 Å². The number of guanidine groups is 1. The molecule has 0 aromatic heterocycles. The Bertz CT molecular complexity index is 270. The molecular weight excluding hydrogens is 174 g/mol. The Hall–Kier alpha value is -0.730. The van der Waals surface area contributed by atoms with Crippen molar-refractivity contribution in [2.24, 2.45) is 22.6 Å². The molecule has 0 aromatic rings. The first-order chi connectivity index (χ1) is 6.77. The van der Waals surface area contributed by atoms with E-state index < -0.39 is 0 Å². The van der Waals surface area contributed by atoms with Crippen LogP contribution in [0.15, 0.2) is 4.99 Å². The van der Waals surface area contributed by atoms with Gasteiger partial charge in [-0.2, -0.15) is 0 Å². The van der Waals surface area contributed by atoms with Gasteiger partial charge in [0.25, 0.3) is 0 Å². The van der Waals surface area contributed by atoms with Crippen LogP contribution in [0.5, 0.6) is 0 Å². The van der Waals surface area contributed by atoms with Crippen LogP contribution in [0.25, 0.3) is 0 Å². The summed E-state index contributed by atoms with van der Waals surface area (Å²) in [6.07, 6.45) is 8.31. The highest BCUT2D eigenvalue weighted by Gasteiger charge is 2.43. The van der Waals surface area contributed by atoms with E-state index in [4.69, 9.17) is 5.73 Å². The number of nitrogens with one attached hydrogen (secondary N) is 1. The van der Waals surface area contributed by atoms with Crippen LogP contribution in [-0.4, -0.2) is 18.0 Å². The molecule has 3 aliphatic rings. The van der Waals surface area contributed by atoms with Crippen molar-refractivity contribution in [3.8, 4) is 0 Å². The summed E-state index contributed by atoms with van der Waals surface area (Å²) in [6, 6.07) is 0. The minimum atomic E-state index is 0.260. The first kappa shape index (κ1) is 8.57. The summed E-state index contributed by atoms with van der Waals surface area (Å²) in [6.45, 7) is 0.919. The van der Waals surface area contributed by atoms with Gasteiger partial charge in [0.15, 0.2) is 5.96 Å². The lowest BCUT2D eigenvalue weighted by Crippen LogP contribution is -2.51. The Kier molecular flexibility index (Phi) is 1.76. The van der Waals surface area contributed by atoms with Crippen LogP contribution in [0.1, 0.15) is 38.5 Å². The largest absolute Gasteiger partial charge is 0.370 e. The average molecular weight is 193 g/mol. The van der Waals surface area contributed by atoms with Gasteiger partial charge in [0.1, 0.15) is 0 Å². The number of hydrogen-bond donors (Lipinski definition) is 2. The summed E-state index contributed by atoms with van der Waals surface area (Å²) in [5, 5.41) is 3.41. The van der Waals surface area contributed by atoms with Crippen LogP contribution in [0.2, 0.25) is 0 Å². The first-order valence-electron chi connectivity index (χ1n) is 5.86. The van der Waals surface area contributed by atoms with Gasteiger partial charge in [0.2, 0.25) is 0 Å². The topological polar surface area (TPSA) is 50.4 Å². The highest BCUT2D eigenvalue weighted by Crippen LogP contribution is 2.47. The van der Waals surface area contributed by atoms with E-state index >= 15 is 0 Å². The van der Waals surface area contributed by atoms with Crippen molar-refractivity contribution in [2.75, 3.05) is 6.54 Å². The Morgan fingerprint density at radius 3 is 2.79 bits per heavy atom. The number of nitrogens with zero attached hydrogens (tertiary/aromatic N) is 1. The van der Waals surface area contributed by atoms with Crippen molar-refractivity contribution < 1.29 is 0 Å². The molecule has 2 atom stereocenters. The van der Waals surface area contributed by atoms with Gasteiger partial charge in [-0.05, 0) is 37.5 Å². The summed E-state index contributed by atoms with van der Waals surface area (Å²) in [5.74, 6) is 2.66. The number of nitrogens with two attached hydrogens (primary N) is 1. The third-order valence-electron chi connectivity index (χ3n) is 4.12. The molecule has 0 radical (unpaired) electrons. The van der Waals surface area contributed by atoms with Gasteiger partial charge in [0, 0.05) is 0 Å². The molecule has 2 unspecified atom stereocenters. The Morgan fingerprint density at radius 1 is 1.29 bits per heavy atom. The quantitative estimate of drug-likeness (QED) is 0.658. The fraction of sp³-hybridized carbons (Fsp3) is 0.909. The van der Waals surface area contributed by atoms with Crippen molar-refractivity contribution in [1.82, 2.24) is 5.32 Å². The Labute approximate surface area is 85.2 Å². The van der Waals surface area contributed by atoms with Crippen molar-refractivity contribution >= 4 is 5.96 Å². The second kappa shape index (κ2) is 2.88. The molecule has 0 saturated heterocycles. The van der Waals surface area contributed by atoms with E-state index in [-0.39, 0.29) is 5.54 Å². The molecule has 78 valence electrons. The second-order valence-corrected chi connectivity index (χ2v) is 5.30. The van der Waals surface area contributed by atoms with Crippen molar-refractivity contribution in [2.45, 2.75) is 44.1 Å². The van der Waals surface area contributed by atoms with Crippen molar-refractivity contribution in [3.63, 3.8) is 0 Å². The van der Waals surface area contributed by atoms with Gasteiger partial charge < -0.3 is 11.1 Å². The van der Waals surface area contributed by atoms with Crippen LogP contribution >= 0.6 is 0 Å². The second-order valence-electron chi connectivity index (χ2n) is 5.30. The van der Waals surface area contributed by atoms with Gasteiger partial charge in [-0.1, -0.05) is 12.8 Å². The highest BCUT2D eigenvalue weighted by atomic mass is 15.2. The molecular formula is C11H19N3. The SMILES string of the molecule is NC1=NCC2(CCCC(C3CC3)C2)N1. The van der Waals surface area contributed by atoms with Gasteiger partial charge in [0.05, 0.1) is 12.1 Å². The lowest BCUT2D eigenvalue weighted by molar-refractivity contribution is 0.201. The zero-order valence-corrected chi connectivity index (χ0v) is 8.63. The van der Waals surface area contributed by atoms with E-state index in [0.717, 1.165) is 18.4 Å². The number of aliphatic imine (C=N–C) groups is 1. The van der Waals surface area contributed by atoms with Gasteiger partial charge in [-0.25, -0.2) is 0 Å². The van der Waals surface area contributed by atoms with E-state index in [9.17, 15) is 0 Å². The lowest BCUT2D eigenvalue weighted by atomic mass is 9.74. The predicted molar refractivity (Wildman–Crippen MR) is 57.0 cm³/mol. The molecule has 1 heterocycles. The zero-order chi connectivity index (χ0) is 9.60. The maximum atomic E-state index is 5.72. The minimum Gasteiger partial charge on any atom is -0.370 e. The molecule has 2 fully saturated rings. The summed E-state index contributed by atoms with van der Waals surface area (Å²) >= 11 is 0. The molecule has 3 heteroatoms. The molecule has 1 spiro atoms. The molecule has 3 rings (SSSR count). The fourth-order valence-corrected chi connectivity index (χ4v) is 3.22. The molecule has 2 saturated carbocycles. The number of hydrogen-bond acceptors (Lipinski definition) is 3. The van der Waals surface area contributed by atoms with Gasteiger partial charge >= 0.3 is 0 Å². The van der Waals surface area contributed by atoms with Gasteiger partial charge in [-0.3, -0.25) is 4.99 Å². The van der Waals surface area contributed by atoms with Crippen molar-refractivity contribution in [1.29, 1.82) is 0 Å². The van der Waals surface area contributed by atoms with E-state index in [1.165, 1.54) is 38.5 Å². The smallest absolute Gasteiger partial charge is 0.189 e. The maximum absolute atomic E-state index is 5.72. The monoisotopic (exact) mass is 193 g/mol. The van der Waals surface area contributed by atoms with E-state index in [1.54, 1.807) is 0 Å². The first-order valence-corrected chi connectivity index (χ1v) is 5.86. The third kappa shape index (κ3) is 1.39. The average Bonchev–Trinajstić information content (AvgIpc) is 2.95. The third-order valence-corrected chi connectivity index (χ3v) is 4.12. The maximum Gasteiger partial charge on any atom is 0.189 e. The zero-order valence-electron chi connectivity index (χ0n) is 8.63. The standard InChI is InChI=1S/C11H19N3/c12-10-13-7-11(14-10)5-1-2-9(6-11)8-3-4-8/h8-9H,1-7H2,(H3,12,13,14). The summed E-state index contributed by atoms with van der Waals surface area (Å²) in [5.41, 5.74) is 5.98. The van der Waals surface area contributed by atoms with Crippen LogP contribution in [0.4, 0.5) is 0 Å². The lowest BCUT2D eigenvalue weighted by Gasteiger charge is -2.38. The van der Waals surface area contributed by atoms with Crippen LogP contribution in [-0.2, 0) is 0 Å². The molecule has 0 amide bonds. The minimum absolute atomic E-state index is 0.260. The van der Waals surface area contributed by atoms with E-state index in [0.29, 0.717) is 5.96 Å². The molecule has 3 nitrogen and oxygen atoms in total. The number of rotatable bonds is 1.